The van der Waals surface area contributed by atoms with E-state index in [-0.39, 0.29) is 5.41 Å². The molecule has 4 heteroatoms. The van der Waals surface area contributed by atoms with Crippen molar-refractivity contribution in [1.82, 2.24) is 0 Å². The van der Waals surface area contributed by atoms with Gasteiger partial charge in [0.1, 0.15) is 11.5 Å². The predicted octanol–water partition coefficient (Wildman–Crippen LogP) is 4.28. The summed E-state index contributed by atoms with van der Waals surface area (Å²) in [6.45, 7) is 3.11. The zero-order valence-corrected chi connectivity index (χ0v) is 13.8. The Labute approximate surface area is 136 Å². The summed E-state index contributed by atoms with van der Waals surface area (Å²) in [5.74, 6) is 1.66. The van der Waals surface area contributed by atoms with Gasteiger partial charge in [-0.2, -0.15) is 0 Å². The summed E-state index contributed by atoms with van der Waals surface area (Å²) < 4.78 is 10.5. The number of hydrogen-bond donors (Lipinski definition) is 1. The second-order valence-corrected chi connectivity index (χ2v) is 6.36. The van der Waals surface area contributed by atoms with Crippen molar-refractivity contribution in [2.45, 2.75) is 18.8 Å². The van der Waals surface area contributed by atoms with E-state index in [1.54, 1.807) is 14.2 Å². The zero-order chi connectivity index (χ0) is 15.7. The Morgan fingerprint density at radius 1 is 1.05 bits per heavy atom. The fourth-order valence-corrected chi connectivity index (χ4v) is 3.28. The largest absolute Gasteiger partial charge is 0.497 e. The van der Waals surface area contributed by atoms with Gasteiger partial charge in [-0.05, 0) is 35.7 Å². The van der Waals surface area contributed by atoms with E-state index in [1.807, 2.05) is 24.3 Å². The lowest BCUT2D eigenvalue weighted by Gasteiger charge is -2.37. The first kappa shape index (κ1) is 15.0. The van der Waals surface area contributed by atoms with Gasteiger partial charge in [0.2, 0.25) is 0 Å². The summed E-state index contributed by atoms with van der Waals surface area (Å²) in [7, 11) is 3.34. The van der Waals surface area contributed by atoms with Gasteiger partial charge in [0.05, 0.1) is 14.2 Å². The Morgan fingerprint density at radius 3 is 2.36 bits per heavy atom. The van der Waals surface area contributed by atoms with Gasteiger partial charge in [0, 0.05) is 28.7 Å². The quantitative estimate of drug-likeness (QED) is 0.916. The van der Waals surface area contributed by atoms with Crippen LogP contribution in [-0.2, 0) is 11.8 Å². The average Bonchev–Trinajstić information content (AvgIpc) is 2.55. The summed E-state index contributed by atoms with van der Waals surface area (Å²) in [6.07, 6.45) is 0.893. The van der Waals surface area contributed by atoms with E-state index in [4.69, 9.17) is 21.1 Å². The van der Waals surface area contributed by atoms with Gasteiger partial charge in [-0.25, -0.2) is 0 Å². The highest BCUT2D eigenvalue weighted by Gasteiger charge is 2.33. The molecule has 0 fully saturated rings. The van der Waals surface area contributed by atoms with Crippen LogP contribution < -0.4 is 14.8 Å². The molecule has 0 aromatic heterocycles. The number of nitrogens with one attached hydrogen (secondary N) is 1. The molecular formula is C18H20ClNO2. The first-order valence-electron chi connectivity index (χ1n) is 7.30. The first-order chi connectivity index (χ1) is 10.6. The van der Waals surface area contributed by atoms with Crippen LogP contribution in [0, 0.1) is 0 Å². The van der Waals surface area contributed by atoms with Crippen LogP contribution in [0.5, 0.6) is 11.5 Å². The molecule has 2 aromatic carbocycles. The molecule has 0 saturated heterocycles. The third kappa shape index (κ3) is 2.61. The summed E-state index contributed by atoms with van der Waals surface area (Å²) in [6, 6.07) is 12.2. The molecule has 1 atom stereocenters. The molecular weight excluding hydrogens is 298 g/mol. The van der Waals surface area contributed by atoms with E-state index in [2.05, 4.69) is 24.4 Å². The van der Waals surface area contributed by atoms with Crippen molar-refractivity contribution in [3.63, 3.8) is 0 Å². The highest BCUT2D eigenvalue weighted by Crippen LogP contribution is 2.41. The number of ether oxygens (including phenoxy) is 2. The predicted molar refractivity (Wildman–Crippen MR) is 90.5 cm³/mol. The molecule has 1 unspecified atom stereocenters. The van der Waals surface area contributed by atoms with E-state index in [0.717, 1.165) is 40.7 Å². The lowest BCUT2D eigenvalue weighted by molar-refractivity contribution is 0.412. The van der Waals surface area contributed by atoms with Gasteiger partial charge < -0.3 is 14.8 Å². The maximum Gasteiger partial charge on any atom is 0.122 e. The highest BCUT2D eigenvalue weighted by molar-refractivity contribution is 6.32. The Hall–Kier alpha value is -1.87. The summed E-state index contributed by atoms with van der Waals surface area (Å²) in [5.41, 5.74) is 3.48. The molecule has 116 valence electrons. The number of benzene rings is 2. The van der Waals surface area contributed by atoms with Crippen LogP contribution in [0.3, 0.4) is 0 Å². The van der Waals surface area contributed by atoms with Crippen LogP contribution in [0.1, 0.15) is 18.1 Å². The molecule has 22 heavy (non-hydrogen) atoms. The van der Waals surface area contributed by atoms with Gasteiger partial charge in [-0.1, -0.05) is 30.7 Å². The number of methoxy groups -OCH3 is 2. The van der Waals surface area contributed by atoms with Crippen molar-refractivity contribution in [3.8, 4) is 11.5 Å². The van der Waals surface area contributed by atoms with E-state index < -0.39 is 0 Å². The molecule has 0 radical (unpaired) electrons. The van der Waals surface area contributed by atoms with Gasteiger partial charge >= 0.3 is 0 Å². The van der Waals surface area contributed by atoms with Crippen molar-refractivity contribution in [3.05, 3.63) is 52.5 Å². The van der Waals surface area contributed by atoms with Crippen LogP contribution in [-0.4, -0.2) is 20.8 Å². The van der Waals surface area contributed by atoms with Gasteiger partial charge in [-0.3, -0.25) is 0 Å². The third-order valence-corrected chi connectivity index (χ3v) is 4.76. The second kappa shape index (κ2) is 5.73. The number of rotatable bonds is 3. The Balaban J connectivity index is 1.95. The molecule has 0 spiro atoms. The molecule has 3 rings (SSSR count). The van der Waals surface area contributed by atoms with Crippen molar-refractivity contribution in [2.24, 2.45) is 0 Å². The van der Waals surface area contributed by atoms with E-state index in [1.165, 1.54) is 5.56 Å². The Bertz CT molecular complexity index is 684. The van der Waals surface area contributed by atoms with Crippen molar-refractivity contribution in [1.29, 1.82) is 0 Å². The summed E-state index contributed by atoms with van der Waals surface area (Å²) >= 11 is 6.45. The second-order valence-electron chi connectivity index (χ2n) is 5.95. The van der Waals surface area contributed by atoms with E-state index >= 15 is 0 Å². The first-order valence-corrected chi connectivity index (χ1v) is 7.68. The molecule has 0 aliphatic carbocycles. The van der Waals surface area contributed by atoms with Crippen LogP contribution in [0.2, 0.25) is 5.02 Å². The standard InChI is InChI=1S/C18H20ClNO2/c1-18(12-4-6-13(21-2)7-5-12)10-15-16(19)8-14(22-3)9-17(15)20-11-18/h4-9,20H,10-11H2,1-3H3. The maximum absolute atomic E-state index is 6.45. The topological polar surface area (TPSA) is 30.5 Å². The highest BCUT2D eigenvalue weighted by atomic mass is 35.5. The molecule has 0 bridgehead atoms. The summed E-state index contributed by atoms with van der Waals surface area (Å²) in [5, 5.41) is 4.25. The molecule has 0 saturated carbocycles. The molecule has 3 nitrogen and oxygen atoms in total. The van der Waals surface area contributed by atoms with Crippen LogP contribution in [0.4, 0.5) is 5.69 Å². The Morgan fingerprint density at radius 2 is 1.73 bits per heavy atom. The van der Waals surface area contributed by atoms with Crippen molar-refractivity contribution >= 4 is 17.3 Å². The Kier molecular flexibility index (Phi) is 3.92. The minimum Gasteiger partial charge on any atom is -0.497 e. The lowest BCUT2D eigenvalue weighted by atomic mass is 9.75. The normalized spacial score (nSPS) is 20.0. The average molecular weight is 318 g/mol. The van der Waals surface area contributed by atoms with Gasteiger partial charge in [0.15, 0.2) is 0 Å². The van der Waals surface area contributed by atoms with E-state index in [0.29, 0.717) is 0 Å². The fraction of sp³-hybridized carbons (Fsp3) is 0.333. The third-order valence-electron chi connectivity index (χ3n) is 4.43. The molecule has 1 N–H and O–H groups in total. The van der Waals surface area contributed by atoms with Crippen LogP contribution in [0.15, 0.2) is 36.4 Å². The summed E-state index contributed by atoms with van der Waals surface area (Å²) in [4.78, 5) is 0. The monoisotopic (exact) mass is 317 g/mol. The minimum atomic E-state index is -0.00248. The number of halogens is 1. The smallest absolute Gasteiger partial charge is 0.122 e. The minimum absolute atomic E-state index is 0.00248. The molecule has 0 amide bonds. The molecule has 1 aliphatic rings. The van der Waals surface area contributed by atoms with Crippen LogP contribution in [0.25, 0.3) is 0 Å². The van der Waals surface area contributed by atoms with Crippen molar-refractivity contribution < 1.29 is 9.47 Å². The zero-order valence-electron chi connectivity index (χ0n) is 13.1. The molecule has 1 heterocycles. The van der Waals surface area contributed by atoms with Gasteiger partial charge in [-0.15, -0.1) is 0 Å². The maximum atomic E-state index is 6.45. The molecule has 2 aromatic rings. The van der Waals surface area contributed by atoms with Gasteiger partial charge in [0.25, 0.3) is 0 Å². The number of hydrogen-bond acceptors (Lipinski definition) is 3. The number of anilines is 1. The number of fused-ring (bicyclic) bond motifs is 1. The molecule has 1 aliphatic heterocycles. The van der Waals surface area contributed by atoms with E-state index in [9.17, 15) is 0 Å². The SMILES string of the molecule is COc1ccc(C2(C)CNc3cc(OC)cc(Cl)c3C2)cc1. The lowest BCUT2D eigenvalue weighted by Crippen LogP contribution is -2.37. The van der Waals surface area contributed by atoms with Crippen LogP contribution >= 0.6 is 11.6 Å². The van der Waals surface area contributed by atoms with Crippen molar-refractivity contribution in [2.75, 3.05) is 26.1 Å². The fourth-order valence-electron chi connectivity index (χ4n) is 3.01.